The van der Waals surface area contributed by atoms with Crippen molar-refractivity contribution in [1.82, 2.24) is 5.32 Å². The maximum atomic E-state index is 12.5. The number of nitrogens with one attached hydrogen (secondary N) is 1. The first kappa shape index (κ1) is 16.4. The molecule has 3 aliphatic heterocycles. The molecule has 3 saturated heterocycles. The molecule has 0 aromatic rings. The Balaban J connectivity index is 1.26. The van der Waals surface area contributed by atoms with Gasteiger partial charge in [0, 0.05) is 25.7 Å². The van der Waals surface area contributed by atoms with E-state index in [0.717, 1.165) is 51.4 Å². The van der Waals surface area contributed by atoms with Gasteiger partial charge in [-0.1, -0.05) is 12.8 Å². The molecule has 140 valence electrons. The molecular weight excluding hydrogens is 326 g/mol. The highest BCUT2D eigenvalue weighted by Crippen LogP contribution is 2.43. The van der Waals surface area contributed by atoms with E-state index in [2.05, 4.69) is 5.32 Å². The molecule has 4 atom stereocenters. The molecule has 3 heterocycles. The molecule has 1 N–H and O–H groups in total. The highest BCUT2D eigenvalue weighted by Gasteiger charge is 2.56. The first-order valence-corrected chi connectivity index (χ1v) is 9.80. The van der Waals surface area contributed by atoms with E-state index < -0.39 is 30.2 Å². The Morgan fingerprint density at radius 1 is 0.840 bits per heavy atom. The van der Waals surface area contributed by atoms with Crippen molar-refractivity contribution < 1.29 is 28.5 Å². The van der Waals surface area contributed by atoms with Crippen molar-refractivity contribution >= 4 is 5.91 Å². The summed E-state index contributed by atoms with van der Waals surface area (Å²) in [5.41, 5.74) is 0. The summed E-state index contributed by atoms with van der Waals surface area (Å²) in [6.07, 6.45) is 8.10. The zero-order chi connectivity index (χ0) is 16.9. The van der Waals surface area contributed by atoms with Crippen molar-refractivity contribution in [3.8, 4) is 0 Å². The fourth-order valence-electron chi connectivity index (χ4n) is 4.85. The van der Waals surface area contributed by atoms with Crippen molar-refractivity contribution in [3.63, 3.8) is 0 Å². The first-order valence-electron chi connectivity index (χ1n) is 9.80. The lowest BCUT2D eigenvalue weighted by atomic mass is 9.94. The second-order valence-electron chi connectivity index (χ2n) is 8.00. The van der Waals surface area contributed by atoms with Crippen LogP contribution in [-0.2, 0) is 28.5 Å². The molecule has 0 radical (unpaired) electrons. The third-order valence-electron chi connectivity index (χ3n) is 6.19. The van der Waals surface area contributed by atoms with Crippen LogP contribution in [-0.4, -0.2) is 48.8 Å². The number of fused-ring (bicyclic) bond motifs is 1. The molecule has 2 spiro atoms. The van der Waals surface area contributed by atoms with E-state index in [1.165, 1.54) is 12.8 Å². The van der Waals surface area contributed by atoms with Crippen LogP contribution in [0.2, 0.25) is 0 Å². The Morgan fingerprint density at radius 3 is 2.24 bits per heavy atom. The zero-order valence-electron chi connectivity index (χ0n) is 14.5. The number of amides is 1. The summed E-state index contributed by atoms with van der Waals surface area (Å²) in [4.78, 5) is 12.5. The molecule has 25 heavy (non-hydrogen) atoms. The number of ether oxygens (including phenoxy) is 5. The van der Waals surface area contributed by atoms with Crippen LogP contribution < -0.4 is 5.32 Å². The van der Waals surface area contributed by atoms with Gasteiger partial charge in [-0.3, -0.25) is 4.79 Å². The summed E-state index contributed by atoms with van der Waals surface area (Å²) in [5.74, 6) is -1.29. The number of hydrogen-bond donors (Lipinski definition) is 1. The SMILES string of the molecule is O=C1N[C@@H]([C@H]2COC3(CCCCC3)O2)O[C@@H]2OC3(CCCCC3)O[C@@H]12. The van der Waals surface area contributed by atoms with Crippen LogP contribution in [0, 0.1) is 0 Å². The van der Waals surface area contributed by atoms with E-state index in [0.29, 0.717) is 6.61 Å². The standard InChI is InChI=1S/C18H27NO6/c20-14-13-16(25-18(24-13)9-5-2-6-10-18)22-15(19-14)12-11-21-17(23-12)7-3-1-4-8-17/h12-13,15-16H,1-11H2,(H,19,20)/t12-,13+,15-,16-/m1/s1. The molecule has 0 aromatic heterocycles. The van der Waals surface area contributed by atoms with E-state index in [4.69, 9.17) is 23.7 Å². The molecule has 2 saturated carbocycles. The Labute approximate surface area is 147 Å². The van der Waals surface area contributed by atoms with Crippen molar-refractivity contribution in [1.29, 1.82) is 0 Å². The number of hydrogen-bond acceptors (Lipinski definition) is 6. The normalized spacial score (nSPS) is 42.5. The summed E-state index contributed by atoms with van der Waals surface area (Å²) in [7, 11) is 0. The van der Waals surface area contributed by atoms with Gasteiger partial charge in [-0.2, -0.15) is 0 Å². The smallest absolute Gasteiger partial charge is 0.256 e. The Hall–Kier alpha value is -0.730. The summed E-state index contributed by atoms with van der Waals surface area (Å²) in [6, 6.07) is 0. The fraction of sp³-hybridized carbons (Fsp3) is 0.944. The van der Waals surface area contributed by atoms with E-state index in [-0.39, 0.29) is 12.0 Å². The highest BCUT2D eigenvalue weighted by atomic mass is 16.8. The van der Waals surface area contributed by atoms with Crippen LogP contribution in [0.4, 0.5) is 0 Å². The zero-order valence-corrected chi connectivity index (χ0v) is 14.5. The van der Waals surface area contributed by atoms with Crippen molar-refractivity contribution in [3.05, 3.63) is 0 Å². The molecule has 2 aliphatic carbocycles. The van der Waals surface area contributed by atoms with Crippen LogP contribution in [0.5, 0.6) is 0 Å². The molecule has 0 bridgehead atoms. The molecule has 1 amide bonds. The monoisotopic (exact) mass is 353 g/mol. The molecule has 5 fully saturated rings. The summed E-state index contributed by atoms with van der Waals surface area (Å²) >= 11 is 0. The van der Waals surface area contributed by atoms with Gasteiger partial charge in [0.25, 0.3) is 5.91 Å². The summed E-state index contributed by atoms with van der Waals surface area (Å²) in [5, 5.41) is 2.90. The third-order valence-corrected chi connectivity index (χ3v) is 6.19. The van der Waals surface area contributed by atoms with E-state index in [9.17, 15) is 4.79 Å². The van der Waals surface area contributed by atoms with Crippen LogP contribution in [0.15, 0.2) is 0 Å². The highest BCUT2D eigenvalue weighted by molar-refractivity contribution is 5.82. The maximum Gasteiger partial charge on any atom is 0.256 e. The molecular formula is C18H27NO6. The molecule has 7 heteroatoms. The lowest BCUT2D eigenvalue weighted by Gasteiger charge is -2.35. The largest absolute Gasteiger partial charge is 0.347 e. The van der Waals surface area contributed by atoms with Crippen molar-refractivity contribution in [2.45, 2.75) is 101 Å². The van der Waals surface area contributed by atoms with E-state index >= 15 is 0 Å². The van der Waals surface area contributed by atoms with Crippen molar-refractivity contribution in [2.24, 2.45) is 0 Å². The minimum Gasteiger partial charge on any atom is -0.347 e. The Kier molecular flexibility index (Phi) is 4.05. The van der Waals surface area contributed by atoms with Gasteiger partial charge in [-0.25, -0.2) is 0 Å². The van der Waals surface area contributed by atoms with Crippen LogP contribution >= 0.6 is 0 Å². The Morgan fingerprint density at radius 2 is 1.52 bits per heavy atom. The van der Waals surface area contributed by atoms with E-state index in [1.807, 2.05) is 0 Å². The topological polar surface area (TPSA) is 75.3 Å². The molecule has 5 rings (SSSR count). The second kappa shape index (κ2) is 6.16. The van der Waals surface area contributed by atoms with Gasteiger partial charge >= 0.3 is 0 Å². The number of carbonyl (C=O) groups is 1. The van der Waals surface area contributed by atoms with Gasteiger partial charge < -0.3 is 29.0 Å². The molecule has 0 unspecified atom stereocenters. The molecule has 0 aromatic carbocycles. The fourth-order valence-corrected chi connectivity index (χ4v) is 4.85. The van der Waals surface area contributed by atoms with E-state index in [1.54, 1.807) is 0 Å². The number of rotatable bonds is 1. The van der Waals surface area contributed by atoms with Crippen LogP contribution in [0.3, 0.4) is 0 Å². The van der Waals surface area contributed by atoms with Gasteiger partial charge in [-0.15, -0.1) is 0 Å². The molecule has 7 nitrogen and oxygen atoms in total. The number of carbonyl (C=O) groups excluding carboxylic acids is 1. The van der Waals surface area contributed by atoms with Gasteiger partial charge in [0.15, 0.2) is 30.2 Å². The van der Waals surface area contributed by atoms with Crippen molar-refractivity contribution in [2.75, 3.05) is 6.61 Å². The minimum absolute atomic E-state index is 0.170. The quantitative estimate of drug-likeness (QED) is 0.776. The summed E-state index contributed by atoms with van der Waals surface area (Å²) in [6.45, 7) is 0.439. The predicted molar refractivity (Wildman–Crippen MR) is 85.2 cm³/mol. The molecule has 5 aliphatic rings. The average Bonchev–Trinajstić information content (AvgIpc) is 3.18. The predicted octanol–water partition coefficient (Wildman–Crippen LogP) is 1.94. The van der Waals surface area contributed by atoms with Crippen LogP contribution in [0.1, 0.15) is 64.2 Å². The van der Waals surface area contributed by atoms with Crippen LogP contribution in [0.25, 0.3) is 0 Å². The van der Waals surface area contributed by atoms with Gasteiger partial charge in [0.05, 0.1) is 6.61 Å². The van der Waals surface area contributed by atoms with Gasteiger partial charge in [0.1, 0.15) is 6.10 Å². The maximum absolute atomic E-state index is 12.5. The third kappa shape index (κ3) is 2.90. The second-order valence-corrected chi connectivity index (χ2v) is 8.00. The Bertz CT molecular complexity index is 528. The average molecular weight is 353 g/mol. The van der Waals surface area contributed by atoms with Gasteiger partial charge in [-0.05, 0) is 25.7 Å². The first-order chi connectivity index (χ1) is 12.2. The lowest BCUT2D eigenvalue weighted by Crippen LogP contribution is -2.59. The summed E-state index contributed by atoms with van der Waals surface area (Å²) < 4.78 is 30.3. The van der Waals surface area contributed by atoms with Gasteiger partial charge in [0.2, 0.25) is 0 Å². The minimum atomic E-state index is -0.680. The lowest BCUT2D eigenvalue weighted by molar-refractivity contribution is -0.254.